The number of amides is 1. The standard InChI is InChI=1S/C18H29NO7P2/c1-6-23-27(21,24-7-2)18(28(22,25-8-3)26-9-4)14-16-10-12-17(13-11-16)19-15(5)20/h10-14H,6-9H2,1-5H3,(H,19,20). The van der Waals surface area contributed by atoms with E-state index in [1.807, 2.05) is 0 Å². The minimum atomic E-state index is -3.93. The number of benzene rings is 1. The molecule has 0 aromatic heterocycles. The van der Waals surface area contributed by atoms with E-state index in [4.69, 9.17) is 18.1 Å². The van der Waals surface area contributed by atoms with Crippen molar-refractivity contribution < 1.29 is 32.0 Å². The third kappa shape index (κ3) is 6.96. The first kappa shape index (κ1) is 24.8. The van der Waals surface area contributed by atoms with Crippen molar-refractivity contribution in [2.75, 3.05) is 31.7 Å². The molecule has 28 heavy (non-hydrogen) atoms. The van der Waals surface area contributed by atoms with E-state index >= 15 is 0 Å². The molecule has 0 atom stereocenters. The van der Waals surface area contributed by atoms with Crippen LogP contribution in [0.2, 0.25) is 0 Å². The number of rotatable bonds is 12. The highest BCUT2D eigenvalue weighted by Gasteiger charge is 2.45. The van der Waals surface area contributed by atoms with Gasteiger partial charge in [0, 0.05) is 12.6 Å². The van der Waals surface area contributed by atoms with Gasteiger partial charge in [0.05, 0.1) is 26.4 Å². The summed E-state index contributed by atoms with van der Waals surface area (Å²) in [7, 11) is -7.86. The summed E-state index contributed by atoms with van der Waals surface area (Å²) in [6.07, 6.45) is 1.44. The second-order valence-electron chi connectivity index (χ2n) is 5.47. The number of hydrogen-bond donors (Lipinski definition) is 1. The van der Waals surface area contributed by atoms with Crippen LogP contribution in [-0.2, 0) is 32.0 Å². The molecule has 1 aromatic rings. The molecule has 0 bridgehead atoms. The van der Waals surface area contributed by atoms with Crippen molar-refractivity contribution >= 4 is 32.9 Å². The molecule has 158 valence electrons. The Labute approximate surface area is 166 Å². The van der Waals surface area contributed by atoms with Gasteiger partial charge in [-0.2, -0.15) is 0 Å². The van der Waals surface area contributed by atoms with Gasteiger partial charge in [0.2, 0.25) is 5.91 Å². The summed E-state index contributed by atoms with van der Waals surface area (Å²) in [5, 5.41) is 2.51. The van der Waals surface area contributed by atoms with Crippen LogP contribution in [0, 0.1) is 0 Å². The van der Waals surface area contributed by atoms with Crippen molar-refractivity contribution in [3.05, 3.63) is 34.9 Å². The molecule has 1 N–H and O–H groups in total. The van der Waals surface area contributed by atoms with E-state index in [1.165, 1.54) is 13.0 Å². The fraction of sp³-hybridized carbons (Fsp3) is 0.500. The zero-order chi connectivity index (χ0) is 21.2. The lowest BCUT2D eigenvalue weighted by Gasteiger charge is -2.25. The maximum atomic E-state index is 13.4. The van der Waals surface area contributed by atoms with E-state index in [2.05, 4.69) is 5.32 Å². The molecule has 0 aliphatic rings. The predicted octanol–water partition coefficient (Wildman–Crippen LogP) is 5.48. The lowest BCUT2D eigenvalue weighted by Crippen LogP contribution is -2.05. The molecule has 0 spiro atoms. The molecule has 1 aromatic carbocycles. The van der Waals surface area contributed by atoms with Crippen LogP contribution in [0.1, 0.15) is 40.2 Å². The monoisotopic (exact) mass is 433 g/mol. The van der Waals surface area contributed by atoms with Crippen molar-refractivity contribution in [1.29, 1.82) is 0 Å². The van der Waals surface area contributed by atoms with E-state index in [-0.39, 0.29) is 37.4 Å². The second-order valence-corrected chi connectivity index (χ2v) is 9.81. The Bertz CT molecular complexity index is 710. The van der Waals surface area contributed by atoms with Crippen LogP contribution < -0.4 is 5.32 Å². The molecular weight excluding hydrogens is 404 g/mol. The van der Waals surface area contributed by atoms with Crippen LogP contribution in [0.5, 0.6) is 0 Å². The Kier molecular flexibility index (Phi) is 10.3. The Morgan fingerprint density at radius 1 is 0.857 bits per heavy atom. The van der Waals surface area contributed by atoms with E-state index in [0.717, 1.165) is 0 Å². The van der Waals surface area contributed by atoms with Gasteiger partial charge in [-0.3, -0.25) is 13.9 Å². The summed E-state index contributed by atoms with van der Waals surface area (Å²) in [6.45, 7) is 8.43. The lowest BCUT2D eigenvalue weighted by molar-refractivity contribution is -0.114. The summed E-state index contributed by atoms with van der Waals surface area (Å²) in [6, 6.07) is 6.69. The second kappa shape index (κ2) is 11.7. The predicted molar refractivity (Wildman–Crippen MR) is 110 cm³/mol. The van der Waals surface area contributed by atoms with E-state index in [1.54, 1.807) is 52.0 Å². The van der Waals surface area contributed by atoms with Crippen molar-refractivity contribution in [2.45, 2.75) is 34.6 Å². The van der Waals surface area contributed by atoms with Gasteiger partial charge in [0.1, 0.15) is 0 Å². The third-order valence-electron chi connectivity index (χ3n) is 3.28. The molecule has 0 radical (unpaired) electrons. The molecule has 0 aliphatic carbocycles. The molecule has 1 amide bonds. The minimum absolute atomic E-state index is 0.0916. The fourth-order valence-electron chi connectivity index (χ4n) is 2.34. The van der Waals surface area contributed by atoms with E-state index in [9.17, 15) is 13.9 Å². The summed E-state index contributed by atoms with van der Waals surface area (Å²) in [4.78, 5) is 11.2. The lowest BCUT2D eigenvalue weighted by atomic mass is 10.2. The number of hydrogen-bond acceptors (Lipinski definition) is 7. The van der Waals surface area contributed by atoms with Crippen LogP contribution in [-0.4, -0.2) is 32.3 Å². The van der Waals surface area contributed by atoms with Crippen molar-refractivity contribution in [1.82, 2.24) is 0 Å². The average molecular weight is 433 g/mol. The van der Waals surface area contributed by atoms with Gasteiger partial charge in [0.15, 0.2) is 5.06 Å². The highest BCUT2D eigenvalue weighted by atomic mass is 31.2. The summed E-state index contributed by atoms with van der Waals surface area (Å²) < 4.78 is 48.4. The largest absolute Gasteiger partial charge is 0.369 e. The van der Waals surface area contributed by atoms with Gasteiger partial charge in [-0.05, 0) is 51.5 Å². The van der Waals surface area contributed by atoms with Gasteiger partial charge in [-0.1, -0.05) is 12.1 Å². The number of carbonyl (C=O) groups excluding carboxylic acids is 1. The number of nitrogens with one attached hydrogen (secondary N) is 1. The molecule has 0 heterocycles. The molecule has 0 saturated carbocycles. The van der Waals surface area contributed by atoms with Crippen LogP contribution in [0.25, 0.3) is 6.08 Å². The van der Waals surface area contributed by atoms with Crippen LogP contribution in [0.4, 0.5) is 5.69 Å². The minimum Gasteiger partial charge on any atom is -0.326 e. The summed E-state index contributed by atoms with van der Waals surface area (Å²) >= 11 is 0. The average Bonchev–Trinajstić information content (AvgIpc) is 2.61. The van der Waals surface area contributed by atoms with Gasteiger partial charge in [0.25, 0.3) is 0 Å². The SMILES string of the molecule is CCOP(=O)(OCC)C(=Cc1ccc(NC(C)=O)cc1)P(=O)(OCC)OCC. The first-order chi connectivity index (χ1) is 13.2. The normalized spacial score (nSPS) is 11.9. The molecular formula is C18H29NO7P2. The Morgan fingerprint density at radius 2 is 1.25 bits per heavy atom. The number of carbonyl (C=O) groups is 1. The fourth-order valence-corrected chi connectivity index (χ4v) is 6.89. The summed E-state index contributed by atoms with van der Waals surface area (Å²) in [5.41, 5.74) is 1.17. The Hall–Kier alpha value is -1.27. The molecule has 8 nitrogen and oxygen atoms in total. The smallest absolute Gasteiger partial charge is 0.326 e. The topological polar surface area (TPSA) is 100 Å². The molecule has 10 heteroatoms. The van der Waals surface area contributed by atoms with E-state index in [0.29, 0.717) is 11.3 Å². The quantitative estimate of drug-likeness (QED) is 0.436. The molecule has 0 aliphatic heterocycles. The zero-order valence-corrected chi connectivity index (χ0v) is 18.8. The van der Waals surface area contributed by atoms with Crippen molar-refractivity contribution in [3.8, 4) is 0 Å². The Balaban J connectivity index is 3.51. The first-order valence-corrected chi connectivity index (χ1v) is 12.2. The maximum absolute atomic E-state index is 13.4. The highest BCUT2D eigenvalue weighted by molar-refractivity contribution is 7.79. The van der Waals surface area contributed by atoms with Crippen LogP contribution >= 0.6 is 15.2 Å². The van der Waals surface area contributed by atoms with Gasteiger partial charge in [-0.15, -0.1) is 0 Å². The molecule has 0 fully saturated rings. The van der Waals surface area contributed by atoms with Gasteiger partial charge in [-0.25, -0.2) is 0 Å². The van der Waals surface area contributed by atoms with Crippen molar-refractivity contribution in [2.24, 2.45) is 0 Å². The van der Waals surface area contributed by atoms with Crippen molar-refractivity contribution in [3.63, 3.8) is 0 Å². The third-order valence-corrected chi connectivity index (χ3v) is 8.53. The zero-order valence-electron chi connectivity index (χ0n) is 17.0. The van der Waals surface area contributed by atoms with Gasteiger partial charge >= 0.3 is 15.2 Å². The van der Waals surface area contributed by atoms with Gasteiger partial charge < -0.3 is 23.4 Å². The highest BCUT2D eigenvalue weighted by Crippen LogP contribution is 2.74. The molecule has 1 rings (SSSR count). The molecule has 0 saturated heterocycles. The van der Waals surface area contributed by atoms with E-state index < -0.39 is 15.2 Å². The Morgan fingerprint density at radius 3 is 1.57 bits per heavy atom. The maximum Gasteiger partial charge on any atom is 0.369 e. The first-order valence-electron chi connectivity index (χ1n) is 9.13. The number of anilines is 1. The van der Waals surface area contributed by atoms with Crippen LogP contribution in [0.3, 0.4) is 0 Å². The molecule has 0 unspecified atom stereocenters. The summed E-state index contributed by atoms with van der Waals surface area (Å²) in [5.74, 6) is -0.196. The van der Waals surface area contributed by atoms with Crippen LogP contribution in [0.15, 0.2) is 29.3 Å².